The lowest BCUT2D eigenvalue weighted by molar-refractivity contribution is -0.289. The molecule has 0 aliphatic rings. The first-order valence-electron chi connectivity index (χ1n) is 3.80. The Bertz CT molecular complexity index is 345. The van der Waals surface area contributed by atoms with Crippen LogP contribution >= 0.6 is 0 Å². The molecule has 0 spiro atoms. The van der Waals surface area contributed by atoms with Crippen LogP contribution in [0.5, 0.6) is 5.75 Å². The van der Waals surface area contributed by atoms with Crippen molar-refractivity contribution in [3.8, 4) is 5.75 Å². The van der Waals surface area contributed by atoms with Gasteiger partial charge in [0.25, 0.3) is 0 Å². The summed E-state index contributed by atoms with van der Waals surface area (Å²) >= 11 is 0. The SMILES string of the molecule is COc1c[c]ccc1C(F)(F)C(F)(F)F. The van der Waals surface area contributed by atoms with Crippen molar-refractivity contribution in [1.82, 2.24) is 0 Å². The van der Waals surface area contributed by atoms with Gasteiger partial charge >= 0.3 is 12.1 Å². The maximum Gasteiger partial charge on any atom is 0.458 e. The molecule has 0 fully saturated rings. The molecule has 0 unspecified atom stereocenters. The van der Waals surface area contributed by atoms with Crippen LogP contribution in [-0.2, 0) is 5.92 Å². The van der Waals surface area contributed by atoms with Gasteiger partial charge in [-0.25, -0.2) is 0 Å². The van der Waals surface area contributed by atoms with Crippen molar-refractivity contribution in [2.45, 2.75) is 12.1 Å². The Balaban J connectivity index is 3.26. The number of hydrogen-bond donors (Lipinski definition) is 0. The highest BCUT2D eigenvalue weighted by atomic mass is 19.4. The highest BCUT2D eigenvalue weighted by Crippen LogP contribution is 2.46. The molecule has 0 amide bonds. The van der Waals surface area contributed by atoms with E-state index in [4.69, 9.17) is 0 Å². The quantitative estimate of drug-likeness (QED) is 0.702. The van der Waals surface area contributed by atoms with Gasteiger partial charge in [0.05, 0.1) is 12.7 Å². The van der Waals surface area contributed by atoms with E-state index in [9.17, 15) is 22.0 Å². The number of rotatable bonds is 2. The summed E-state index contributed by atoms with van der Waals surface area (Å²) < 4.78 is 66.3. The van der Waals surface area contributed by atoms with Crippen molar-refractivity contribution in [3.05, 3.63) is 29.8 Å². The molecule has 1 aromatic rings. The molecule has 83 valence electrons. The van der Waals surface area contributed by atoms with Gasteiger partial charge in [0.1, 0.15) is 5.75 Å². The minimum atomic E-state index is -5.64. The van der Waals surface area contributed by atoms with Crippen molar-refractivity contribution >= 4 is 0 Å². The van der Waals surface area contributed by atoms with Crippen LogP contribution in [0.2, 0.25) is 0 Å². The fourth-order valence-corrected chi connectivity index (χ4v) is 0.996. The molecule has 1 nitrogen and oxygen atoms in total. The van der Waals surface area contributed by atoms with Crippen LogP contribution in [0.15, 0.2) is 18.2 Å². The zero-order valence-electron chi connectivity index (χ0n) is 7.53. The molecule has 1 aromatic carbocycles. The predicted molar refractivity (Wildman–Crippen MR) is 41.8 cm³/mol. The monoisotopic (exact) mass is 225 g/mol. The summed E-state index contributed by atoms with van der Waals surface area (Å²) in [7, 11) is 1.01. The van der Waals surface area contributed by atoms with Crippen molar-refractivity contribution in [3.63, 3.8) is 0 Å². The van der Waals surface area contributed by atoms with Crippen LogP contribution in [0.3, 0.4) is 0 Å². The Kier molecular flexibility index (Phi) is 2.88. The molecule has 1 rings (SSSR count). The lowest BCUT2D eigenvalue weighted by Gasteiger charge is -2.21. The molecular weight excluding hydrogens is 219 g/mol. The molecule has 0 atom stereocenters. The van der Waals surface area contributed by atoms with Gasteiger partial charge < -0.3 is 4.74 Å². The molecule has 0 bridgehead atoms. The maximum absolute atomic E-state index is 12.9. The summed E-state index contributed by atoms with van der Waals surface area (Å²) in [6.45, 7) is 0. The van der Waals surface area contributed by atoms with Gasteiger partial charge in [-0.15, -0.1) is 0 Å². The molecular formula is C9H6F5O. The molecule has 6 heteroatoms. The summed E-state index contributed by atoms with van der Waals surface area (Å²) in [6.07, 6.45) is -5.64. The number of alkyl halides is 5. The zero-order valence-corrected chi connectivity index (χ0v) is 7.53. The van der Waals surface area contributed by atoms with E-state index in [0.29, 0.717) is 6.07 Å². The molecule has 0 saturated carbocycles. The van der Waals surface area contributed by atoms with E-state index in [2.05, 4.69) is 10.8 Å². The third kappa shape index (κ3) is 2.03. The van der Waals surface area contributed by atoms with E-state index in [-0.39, 0.29) is 0 Å². The second kappa shape index (κ2) is 3.67. The van der Waals surface area contributed by atoms with Crippen molar-refractivity contribution < 1.29 is 26.7 Å². The highest BCUT2D eigenvalue weighted by molar-refractivity contribution is 5.37. The van der Waals surface area contributed by atoms with Gasteiger partial charge in [-0.1, -0.05) is 6.07 Å². The number of halogens is 5. The fourth-order valence-electron chi connectivity index (χ4n) is 0.996. The molecule has 0 aromatic heterocycles. The zero-order chi connectivity index (χ0) is 11.7. The highest BCUT2D eigenvalue weighted by Gasteiger charge is 2.59. The molecule has 1 radical (unpaired) electrons. The molecule has 0 aliphatic carbocycles. The van der Waals surface area contributed by atoms with Gasteiger partial charge in [-0.05, 0) is 18.2 Å². The van der Waals surface area contributed by atoms with Gasteiger partial charge in [-0.2, -0.15) is 22.0 Å². The molecule has 0 N–H and O–H groups in total. The average Bonchev–Trinajstić information content (AvgIpc) is 2.16. The Hall–Kier alpha value is -1.33. The van der Waals surface area contributed by atoms with Crippen LogP contribution in [0.25, 0.3) is 0 Å². The first kappa shape index (κ1) is 11.7. The summed E-state index contributed by atoms with van der Waals surface area (Å²) in [5.41, 5.74) is -1.21. The normalized spacial score (nSPS) is 12.7. The maximum atomic E-state index is 12.9. The van der Waals surface area contributed by atoms with Gasteiger partial charge in [0, 0.05) is 0 Å². The second-order valence-corrected chi connectivity index (χ2v) is 2.70. The van der Waals surface area contributed by atoms with E-state index in [1.807, 2.05) is 0 Å². The van der Waals surface area contributed by atoms with Crippen LogP contribution in [0.1, 0.15) is 5.56 Å². The lowest BCUT2D eigenvalue weighted by Crippen LogP contribution is -2.33. The van der Waals surface area contributed by atoms with Gasteiger partial charge in [0.2, 0.25) is 0 Å². The lowest BCUT2D eigenvalue weighted by atomic mass is 10.1. The first-order valence-corrected chi connectivity index (χ1v) is 3.80. The van der Waals surface area contributed by atoms with Crippen LogP contribution in [0, 0.1) is 6.07 Å². The molecule has 0 saturated heterocycles. The van der Waals surface area contributed by atoms with Crippen LogP contribution in [-0.4, -0.2) is 13.3 Å². The summed E-state index contributed by atoms with van der Waals surface area (Å²) in [5, 5.41) is 0. The van der Waals surface area contributed by atoms with E-state index in [1.165, 1.54) is 0 Å². The molecule has 15 heavy (non-hydrogen) atoms. The number of ether oxygens (including phenoxy) is 1. The Morgan fingerprint density at radius 3 is 2.27 bits per heavy atom. The third-order valence-corrected chi connectivity index (χ3v) is 1.74. The van der Waals surface area contributed by atoms with E-state index in [0.717, 1.165) is 19.2 Å². The largest absolute Gasteiger partial charge is 0.496 e. The standard InChI is InChI=1S/C9H6F5O/c1-15-7-5-3-2-4-6(7)8(10,11)9(12,13)14/h2,4-5H,1H3. The molecule has 0 heterocycles. The van der Waals surface area contributed by atoms with Crippen molar-refractivity contribution in [2.24, 2.45) is 0 Å². The fraction of sp³-hybridized carbons (Fsp3) is 0.333. The number of hydrogen-bond acceptors (Lipinski definition) is 1. The average molecular weight is 225 g/mol. The van der Waals surface area contributed by atoms with Gasteiger partial charge in [-0.3, -0.25) is 0 Å². The minimum absolute atomic E-state index is 0.542. The summed E-state index contributed by atoms with van der Waals surface area (Å²) in [4.78, 5) is 0. The Morgan fingerprint density at radius 2 is 1.80 bits per heavy atom. The number of methoxy groups -OCH3 is 1. The Morgan fingerprint density at radius 1 is 1.20 bits per heavy atom. The minimum Gasteiger partial charge on any atom is -0.496 e. The van der Waals surface area contributed by atoms with Crippen molar-refractivity contribution in [1.29, 1.82) is 0 Å². The van der Waals surface area contributed by atoms with Crippen LogP contribution in [0.4, 0.5) is 22.0 Å². The first-order chi connectivity index (χ1) is 6.80. The van der Waals surface area contributed by atoms with Crippen LogP contribution < -0.4 is 4.74 Å². The smallest absolute Gasteiger partial charge is 0.458 e. The van der Waals surface area contributed by atoms with E-state index >= 15 is 0 Å². The topological polar surface area (TPSA) is 9.23 Å². The predicted octanol–water partition coefficient (Wildman–Crippen LogP) is 3.15. The van der Waals surface area contributed by atoms with Crippen molar-refractivity contribution in [2.75, 3.05) is 7.11 Å². The van der Waals surface area contributed by atoms with Gasteiger partial charge in [0.15, 0.2) is 0 Å². The summed E-state index contributed by atoms with van der Waals surface area (Å²) in [5.74, 6) is -5.46. The number of benzene rings is 1. The third-order valence-electron chi connectivity index (χ3n) is 1.74. The Labute approximate surface area is 82.5 Å². The van der Waals surface area contributed by atoms with E-state index < -0.39 is 23.4 Å². The second-order valence-electron chi connectivity index (χ2n) is 2.70. The molecule has 0 aliphatic heterocycles. The van der Waals surface area contributed by atoms with E-state index in [1.54, 1.807) is 0 Å². The summed E-state index contributed by atoms with van der Waals surface area (Å²) in [6, 6.07) is 4.88.